The molecule has 0 saturated heterocycles. The maximum absolute atomic E-state index is 12.4. The van der Waals surface area contributed by atoms with Crippen LogP contribution in [0.3, 0.4) is 0 Å². The molecule has 2 aromatic carbocycles. The van der Waals surface area contributed by atoms with E-state index in [1.54, 1.807) is 24.3 Å². The Balaban J connectivity index is 1.70. The van der Waals surface area contributed by atoms with Crippen molar-refractivity contribution < 1.29 is 9.59 Å². The van der Waals surface area contributed by atoms with E-state index < -0.39 is 0 Å². The van der Waals surface area contributed by atoms with Crippen molar-refractivity contribution in [2.45, 2.75) is 20.8 Å². The number of aryl methyl sites for hydroxylation is 2. The van der Waals surface area contributed by atoms with E-state index in [1.807, 2.05) is 44.2 Å². The highest BCUT2D eigenvalue weighted by molar-refractivity contribution is 6.04. The number of pyridine rings is 1. The lowest BCUT2D eigenvalue weighted by Crippen LogP contribution is -2.13. The Kier molecular flexibility index (Phi) is 5.31. The van der Waals surface area contributed by atoms with Gasteiger partial charge >= 0.3 is 0 Å². The van der Waals surface area contributed by atoms with Gasteiger partial charge in [-0.1, -0.05) is 29.8 Å². The fraction of sp³-hybridized carbons (Fsp3) is 0.136. The molecule has 0 spiro atoms. The maximum atomic E-state index is 12.4. The molecular formula is C22H21N3O2. The van der Waals surface area contributed by atoms with Crippen LogP contribution in [-0.4, -0.2) is 16.7 Å². The zero-order valence-electron chi connectivity index (χ0n) is 15.5. The van der Waals surface area contributed by atoms with Gasteiger partial charge in [0.2, 0.25) is 0 Å². The Bertz CT molecular complexity index is 995. The standard InChI is InChI=1S/C22H21N3O2/c1-14-7-9-20(15(2)11-14)25-22(27)18-8-10-21(23-13-18)24-19-6-4-5-17(12-19)16(3)26/h4-13H,1-3H3,(H,23,24)(H,25,27). The van der Waals surface area contributed by atoms with Gasteiger partial charge in [0, 0.05) is 23.1 Å². The fourth-order valence-electron chi connectivity index (χ4n) is 2.71. The van der Waals surface area contributed by atoms with Crippen LogP contribution in [0.1, 0.15) is 38.8 Å². The number of ketones is 1. The maximum Gasteiger partial charge on any atom is 0.257 e. The lowest BCUT2D eigenvalue weighted by molar-refractivity contribution is 0.101. The molecule has 1 heterocycles. The largest absolute Gasteiger partial charge is 0.340 e. The molecule has 0 saturated carbocycles. The van der Waals surface area contributed by atoms with Crippen molar-refractivity contribution in [3.8, 4) is 0 Å². The van der Waals surface area contributed by atoms with E-state index in [-0.39, 0.29) is 11.7 Å². The molecule has 5 nitrogen and oxygen atoms in total. The molecule has 0 aliphatic rings. The van der Waals surface area contributed by atoms with E-state index in [1.165, 1.54) is 13.1 Å². The first-order chi connectivity index (χ1) is 12.9. The number of nitrogens with one attached hydrogen (secondary N) is 2. The van der Waals surface area contributed by atoms with Gasteiger partial charge < -0.3 is 10.6 Å². The third-order valence-corrected chi connectivity index (χ3v) is 4.20. The molecule has 0 unspecified atom stereocenters. The van der Waals surface area contributed by atoms with Crippen LogP contribution in [0.25, 0.3) is 0 Å². The van der Waals surface area contributed by atoms with E-state index >= 15 is 0 Å². The van der Waals surface area contributed by atoms with Crippen molar-refractivity contribution in [1.82, 2.24) is 4.98 Å². The quantitative estimate of drug-likeness (QED) is 0.636. The van der Waals surface area contributed by atoms with Crippen molar-refractivity contribution in [3.63, 3.8) is 0 Å². The molecule has 5 heteroatoms. The monoisotopic (exact) mass is 359 g/mol. The second-order valence-corrected chi connectivity index (χ2v) is 6.47. The van der Waals surface area contributed by atoms with Crippen molar-refractivity contribution >= 4 is 28.9 Å². The number of Topliss-reactive ketones (excluding diaryl/α,β-unsaturated/α-hetero) is 1. The normalized spacial score (nSPS) is 10.3. The number of nitrogens with zero attached hydrogens (tertiary/aromatic N) is 1. The van der Waals surface area contributed by atoms with Gasteiger partial charge in [-0.3, -0.25) is 9.59 Å². The summed E-state index contributed by atoms with van der Waals surface area (Å²) < 4.78 is 0. The predicted molar refractivity (Wildman–Crippen MR) is 108 cm³/mol. The minimum atomic E-state index is -0.209. The topological polar surface area (TPSA) is 71.1 Å². The van der Waals surface area contributed by atoms with Gasteiger partial charge in [0.15, 0.2) is 5.78 Å². The predicted octanol–water partition coefficient (Wildman–Crippen LogP) is 4.90. The van der Waals surface area contributed by atoms with Crippen molar-refractivity contribution in [1.29, 1.82) is 0 Å². The van der Waals surface area contributed by atoms with Crippen LogP contribution in [-0.2, 0) is 0 Å². The number of benzene rings is 2. The average molecular weight is 359 g/mol. The van der Waals surface area contributed by atoms with Gasteiger partial charge in [0.1, 0.15) is 5.82 Å². The second-order valence-electron chi connectivity index (χ2n) is 6.47. The van der Waals surface area contributed by atoms with Gasteiger partial charge in [-0.25, -0.2) is 4.98 Å². The highest BCUT2D eigenvalue weighted by Crippen LogP contribution is 2.19. The zero-order chi connectivity index (χ0) is 19.4. The first-order valence-corrected chi connectivity index (χ1v) is 8.65. The number of carbonyl (C=O) groups excluding carboxylic acids is 2. The lowest BCUT2D eigenvalue weighted by atomic mass is 10.1. The van der Waals surface area contributed by atoms with Gasteiger partial charge in [-0.05, 0) is 56.7 Å². The first kappa shape index (κ1) is 18.3. The van der Waals surface area contributed by atoms with Crippen LogP contribution in [0.2, 0.25) is 0 Å². The Hall–Kier alpha value is -3.47. The van der Waals surface area contributed by atoms with E-state index in [4.69, 9.17) is 0 Å². The molecule has 1 aromatic heterocycles. The van der Waals surface area contributed by atoms with E-state index in [9.17, 15) is 9.59 Å². The summed E-state index contributed by atoms with van der Waals surface area (Å²) in [6.45, 7) is 5.50. The van der Waals surface area contributed by atoms with Gasteiger partial charge in [0.05, 0.1) is 5.56 Å². The van der Waals surface area contributed by atoms with Crippen LogP contribution >= 0.6 is 0 Å². The molecule has 3 aromatic rings. The number of anilines is 3. The molecule has 0 radical (unpaired) electrons. The van der Waals surface area contributed by atoms with Crippen molar-refractivity contribution in [3.05, 3.63) is 83.0 Å². The molecule has 0 bridgehead atoms. The van der Waals surface area contributed by atoms with Crippen LogP contribution in [0, 0.1) is 13.8 Å². The first-order valence-electron chi connectivity index (χ1n) is 8.65. The molecule has 0 aliphatic carbocycles. The Labute approximate surface area is 158 Å². The summed E-state index contributed by atoms with van der Waals surface area (Å²) in [4.78, 5) is 28.2. The third kappa shape index (κ3) is 4.58. The number of aromatic nitrogens is 1. The number of rotatable bonds is 5. The summed E-state index contributed by atoms with van der Waals surface area (Å²) in [5, 5.41) is 6.04. The third-order valence-electron chi connectivity index (χ3n) is 4.20. The number of hydrogen-bond acceptors (Lipinski definition) is 4. The van der Waals surface area contributed by atoms with Crippen molar-refractivity contribution in [2.75, 3.05) is 10.6 Å². The summed E-state index contributed by atoms with van der Waals surface area (Å²) in [7, 11) is 0. The van der Waals surface area contributed by atoms with E-state index in [2.05, 4.69) is 15.6 Å². The second kappa shape index (κ2) is 7.83. The van der Waals surface area contributed by atoms with Crippen LogP contribution < -0.4 is 10.6 Å². The van der Waals surface area contributed by atoms with Gasteiger partial charge in [-0.2, -0.15) is 0 Å². The van der Waals surface area contributed by atoms with Crippen molar-refractivity contribution in [2.24, 2.45) is 0 Å². The number of hydrogen-bond donors (Lipinski definition) is 2. The molecule has 136 valence electrons. The summed E-state index contributed by atoms with van der Waals surface area (Å²) in [6.07, 6.45) is 1.52. The van der Waals surface area contributed by atoms with E-state index in [0.717, 1.165) is 22.5 Å². The highest BCUT2D eigenvalue weighted by Gasteiger charge is 2.09. The summed E-state index contributed by atoms with van der Waals surface area (Å²) >= 11 is 0. The molecular weight excluding hydrogens is 338 g/mol. The summed E-state index contributed by atoms with van der Waals surface area (Å²) in [6, 6.07) is 16.5. The summed E-state index contributed by atoms with van der Waals surface area (Å²) in [5.41, 5.74) is 4.82. The molecule has 0 aliphatic heterocycles. The minimum Gasteiger partial charge on any atom is -0.340 e. The smallest absolute Gasteiger partial charge is 0.257 e. The minimum absolute atomic E-state index is 0.00465. The fourth-order valence-corrected chi connectivity index (χ4v) is 2.71. The van der Waals surface area contributed by atoms with Gasteiger partial charge in [0.25, 0.3) is 5.91 Å². The Morgan fingerprint density at radius 3 is 2.41 bits per heavy atom. The molecule has 0 fully saturated rings. The highest BCUT2D eigenvalue weighted by atomic mass is 16.1. The molecule has 1 amide bonds. The van der Waals surface area contributed by atoms with Crippen LogP contribution in [0.4, 0.5) is 17.2 Å². The lowest BCUT2D eigenvalue weighted by Gasteiger charge is -2.10. The number of carbonyl (C=O) groups is 2. The molecule has 0 atom stereocenters. The molecule has 27 heavy (non-hydrogen) atoms. The van der Waals surface area contributed by atoms with Crippen LogP contribution in [0.15, 0.2) is 60.8 Å². The van der Waals surface area contributed by atoms with Crippen LogP contribution in [0.5, 0.6) is 0 Å². The zero-order valence-corrected chi connectivity index (χ0v) is 15.5. The Morgan fingerprint density at radius 1 is 0.926 bits per heavy atom. The molecule has 3 rings (SSSR count). The average Bonchev–Trinajstić information content (AvgIpc) is 2.65. The SMILES string of the molecule is CC(=O)c1cccc(Nc2ccc(C(=O)Nc3ccc(C)cc3C)cn2)c1. The van der Waals surface area contributed by atoms with Gasteiger partial charge in [-0.15, -0.1) is 0 Å². The Morgan fingerprint density at radius 2 is 1.74 bits per heavy atom. The number of amides is 1. The summed E-state index contributed by atoms with van der Waals surface area (Å²) in [5.74, 6) is 0.392. The molecule has 2 N–H and O–H groups in total. The van der Waals surface area contributed by atoms with E-state index in [0.29, 0.717) is 16.9 Å².